The van der Waals surface area contributed by atoms with E-state index < -0.39 is 0 Å². The minimum Gasteiger partial charge on any atom is -0.348 e. The van der Waals surface area contributed by atoms with Crippen molar-refractivity contribution in [3.63, 3.8) is 0 Å². The molecule has 0 unspecified atom stereocenters. The van der Waals surface area contributed by atoms with Crippen molar-refractivity contribution in [3.8, 4) is 0 Å². The average molecular weight is 378 g/mol. The molecule has 5 nitrogen and oxygen atoms in total. The maximum absolute atomic E-state index is 13.1. The van der Waals surface area contributed by atoms with Crippen molar-refractivity contribution in [1.82, 2.24) is 14.5 Å². The number of nitrogens with zero attached hydrogens (tertiary/aromatic N) is 3. The highest BCUT2D eigenvalue weighted by Crippen LogP contribution is 2.36. The first kappa shape index (κ1) is 18.2. The first-order chi connectivity index (χ1) is 11.9. The summed E-state index contributed by atoms with van der Waals surface area (Å²) < 4.78 is 1.65. The van der Waals surface area contributed by atoms with Crippen molar-refractivity contribution >= 4 is 39.2 Å². The predicted molar refractivity (Wildman–Crippen MR) is 105 cm³/mol. The minimum atomic E-state index is -0.00300. The molecule has 2 aromatic heterocycles. The van der Waals surface area contributed by atoms with Gasteiger partial charge in [-0.1, -0.05) is 24.8 Å². The highest BCUT2D eigenvalue weighted by Gasteiger charge is 2.24. The van der Waals surface area contributed by atoms with Gasteiger partial charge in [-0.15, -0.1) is 17.9 Å². The summed E-state index contributed by atoms with van der Waals surface area (Å²) in [6.45, 7) is 6.42. The van der Waals surface area contributed by atoms with Gasteiger partial charge < -0.3 is 4.90 Å². The molecule has 0 aliphatic heterocycles. The lowest BCUT2D eigenvalue weighted by atomic mass is 9.89. The molecule has 0 saturated carbocycles. The zero-order chi connectivity index (χ0) is 18.1. The van der Waals surface area contributed by atoms with Crippen molar-refractivity contribution in [2.75, 3.05) is 19.8 Å². The van der Waals surface area contributed by atoms with Crippen molar-refractivity contribution in [3.05, 3.63) is 33.4 Å². The Balaban J connectivity index is 2.07. The summed E-state index contributed by atoms with van der Waals surface area (Å²) in [5.41, 5.74) is 1.19. The minimum absolute atomic E-state index is 0.00300. The van der Waals surface area contributed by atoms with Crippen LogP contribution in [-0.2, 0) is 24.2 Å². The molecule has 1 amide bonds. The van der Waals surface area contributed by atoms with Gasteiger partial charge in [-0.3, -0.25) is 14.2 Å². The van der Waals surface area contributed by atoms with E-state index in [-0.39, 0.29) is 17.2 Å². The van der Waals surface area contributed by atoms with Gasteiger partial charge in [0.1, 0.15) is 4.83 Å². The maximum atomic E-state index is 13.1. The van der Waals surface area contributed by atoms with Crippen molar-refractivity contribution in [2.24, 2.45) is 5.92 Å². The first-order valence-electron chi connectivity index (χ1n) is 8.41. The third-order valence-corrected chi connectivity index (χ3v) is 6.62. The van der Waals surface area contributed by atoms with Gasteiger partial charge >= 0.3 is 0 Å². The number of aryl methyl sites for hydroxylation is 1. The Hall–Kier alpha value is -1.60. The fourth-order valence-electron chi connectivity index (χ4n) is 3.06. The topological polar surface area (TPSA) is 55.2 Å². The van der Waals surface area contributed by atoms with E-state index in [1.54, 1.807) is 41.0 Å². The van der Waals surface area contributed by atoms with Crippen LogP contribution in [0.5, 0.6) is 0 Å². The van der Waals surface area contributed by atoms with Gasteiger partial charge in [-0.2, -0.15) is 0 Å². The Morgan fingerprint density at radius 2 is 2.28 bits per heavy atom. The third-order valence-electron chi connectivity index (χ3n) is 4.52. The molecule has 2 heterocycles. The Kier molecular flexibility index (Phi) is 5.34. The molecule has 7 heteroatoms. The summed E-state index contributed by atoms with van der Waals surface area (Å²) in [5.74, 6) is 0.927. The smallest absolute Gasteiger partial charge is 0.263 e. The fraction of sp³-hybridized carbons (Fsp3) is 0.500. The van der Waals surface area contributed by atoms with Crippen molar-refractivity contribution in [2.45, 2.75) is 37.9 Å². The SMILES string of the molecule is C=CCn1c(SCC(=O)N(C)C)nc2sc3c(c2c1=O)CC[C@H](C)C3. The van der Waals surface area contributed by atoms with E-state index in [0.717, 1.165) is 29.5 Å². The van der Waals surface area contributed by atoms with Gasteiger partial charge in [0, 0.05) is 25.5 Å². The van der Waals surface area contributed by atoms with Crippen LogP contribution in [0.4, 0.5) is 0 Å². The number of thiophene rings is 1. The molecule has 25 heavy (non-hydrogen) atoms. The molecule has 3 rings (SSSR count). The van der Waals surface area contributed by atoms with E-state index in [1.807, 2.05) is 0 Å². The van der Waals surface area contributed by atoms with Crippen LogP contribution >= 0.6 is 23.1 Å². The summed E-state index contributed by atoms with van der Waals surface area (Å²) in [7, 11) is 3.45. The molecule has 0 spiro atoms. The summed E-state index contributed by atoms with van der Waals surface area (Å²) in [6.07, 6.45) is 4.80. The van der Waals surface area contributed by atoms with Gasteiger partial charge in [0.15, 0.2) is 5.16 Å². The number of hydrogen-bond acceptors (Lipinski definition) is 5. The molecule has 1 aliphatic carbocycles. The van der Waals surface area contributed by atoms with Crippen LogP contribution in [0, 0.1) is 5.92 Å². The Bertz CT molecular complexity index is 883. The van der Waals surface area contributed by atoms with Gasteiger partial charge in [-0.05, 0) is 30.7 Å². The highest BCUT2D eigenvalue weighted by atomic mass is 32.2. The number of thioether (sulfide) groups is 1. The normalized spacial score (nSPS) is 16.7. The second-order valence-electron chi connectivity index (χ2n) is 6.71. The molecule has 1 atom stereocenters. The number of aromatic nitrogens is 2. The van der Waals surface area contributed by atoms with Gasteiger partial charge in [0.2, 0.25) is 5.91 Å². The predicted octanol–water partition coefficient (Wildman–Crippen LogP) is 2.95. The molecule has 0 aromatic carbocycles. The number of amides is 1. The molecule has 0 fully saturated rings. The summed E-state index contributed by atoms with van der Waals surface area (Å²) in [5, 5.41) is 1.37. The third kappa shape index (κ3) is 3.53. The van der Waals surface area contributed by atoms with Crippen LogP contribution in [0.15, 0.2) is 22.6 Å². The van der Waals surface area contributed by atoms with E-state index in [4.69, 9.17) is 4.98 Å². The zero-order valence-corrected chi connectivity index (χ0v) is 16.5. The van der Waals surface area contributed by atoms with E-state index in [2.05, 4.69) is 13.5 Å². The van der Waals surface area contributed by atoms with Crippen LogP contribution in [0.2, 0.25) is 0 Å². The Morgan fingerprint density at radius 3 is 2.96 bits per heavy atom. The van der Waals surface area contributed by atoms with E-state index in [9.17, 15) is 9.59 Å². The van der Waals surface area contributed by atoms with Crippen LogP contribution in [0.1, 0.15) is 23.8 Å². The lowest BCUT2D eigenvalue weighted by molar-refractivity contribution is -0.125. The summed E-state index contributed by atoms with van der Waals surface area (Å²) in [6, 6.07) is 0. The number of hydrogen-bond donors (Lipinski definition) is 0. The standard InChI is InChI=1S/C18H23N3O2S2/c1-5-8-21-17(23)15-12-7-6-11(2)9-13(12)25-16(15)19-18(21)24-10-14(22)20(3)4/h5,11H,1,6-10H2,2-4H3/t11-/m0/s1. The van der Waals surface area contributed by atoms with Crippen LogP contribution in [0.3, 0.4) is 0 Å². The lowest BCUT2D eigenvalue weighted by Gasteiger charge is -2.17. The van der Waals surface area contributed by atoms with E-state index in [0.29, 0.717) is 17.6 Å². The molecule has 1 aliphatic rings. The Morgan fingerprint density at radius 1 is 1.52 bits per heavy atom. The average Bonchev–Trinajstić information content (AvgIpc) is 2.92. The van der Waals surface area contributed by atoms with Gasteiger partial charge in [-0.25, -0.2) is 4.98 Å². The Labute approximate surface area is 155 Å². The van der Waals surface area contributed by atoms with E-state index >= 15 is 0 Å². The second kappa shape index (κ2) is 7.33. The molecule has 134 valence electrons. The lowest BCUT2D eigenvalue weighted by Crippen LogP contribution is -2.26. The molecular weight excluding hydrogens is 354 g/mol. The number of carbonyl (C=O) groups excluding carboxylic acids is 1. The number of fused-ring (bicyclic) bond motifs is 3. The maximum Gasteiger partial charge on any atom is 0.263 e. The summed E-state index contributed by atoms with van der Waals surface area (Å²) in [4.78, 5) is 33.4. The van der Waals surface area contributed by atoms with Crippen LogP contribution in [-0.4, -0.2) is 40.2 Å². The van der Waals surface area contributed by atoms with E-state index in [1.165, 1.54) is 22.2 Å². The second-order valence-corrected chi connectivity index (χ2v) is 8.73. The fourth-order valence-corrected chi connectivity index (χ4v) is 5.47. The largest absolute Gasteiger partial charge is 0.348 e. The summed E-state index contributed by atoms with van der Waals surface area (Å²) >= 11 is 2.96. The zero-order valence-electron chi connectivity index (χ0n) is 14.9. The van der Waals surface area contributed by atoms with Crippen molar-refractivity contribution in [1.29, 1.82) is 0 Å². The molecule has 0 bridgehead atoms. The monoisotopic (exact) mass is 377 g/mol. The number of rotatable bonds is 5. The molecule has 0 saturated heterocycles. The molecule has 0 N–H and O–H groups in total. The quantitative estimate of drug-likeness (QED) is 0.457. The van der Waals surface area contributed by atoms with Crippen LogP contribution < -0.4 is 5.56 Å². The number of carbonyl (C=O) groups is 1. The van der Waals surface area contributed by atoms with Crippen molar-refractivity contribution < 1.29 is 4.79 Å². The van der Waals surface area contributed by atoms with Gasteiger partial charge in [0.05, 0.1) is 11.1 Å². The first-order valence-corrected chi connectivity index (χ1v) is 10.2. The van der Waals surface area contributed by atoms with Gasteiger partial charge in [0.25, 0.3) is 5.56 Å². The number of allylic oxidation sites excluding steroid dienone is 1. The molecular formula is C18H23N3O2S2. The molecule has 0 radical (unpaired) electrons. The van der Waals surface area contributed by atoms with Crippen LogP contribution in [0.25, 0.3) is 10.2 Å². The highest BCUT2D eigenvalue weighted by molar-refractivity contribution is 7.99. The molecule has 2 aromatic rings.